The minimum Gasteiger partial charge on any atom is -0.287 e. The molecule has 5 fully saturated rings. The molecule has 0 amide bonds. The van der Waals surface area contributed by atoms with Crippen LogP contribution in [0.4, 0.5) is 0 Å². The van der Waals surface area contributed by atoms with E-state index in [-0.39, 0.29) is 5.78 Å². The number of nitrogens with zero attached hydrogens (tertiary/aromatic N) is 4. The van der Waals surface area contributed by atoms with Gasteiger partial charge in [0.15, 0.2) is 0 Å². The summed E-state index contributed by atoms with van der Waals surface area (Å²) < 4.78 is 0. The molecule has 0 spiro atoms. The first-order valence-electron chi connectivity index (χ1n) is 22.6. The largest absolute Gasteiger partial charge is 0.287 e. The van der Waals surface area contributed by atoms with Gasteiger partial charge in [0.25, 0.3) is 0 Å². The summed E-state index contributed by atoms with van der Waals surface area (Å²) in [6.45, 7) is 0. The van der Waals surface area contributed by atoms with Crippen LogP contribution in [0.3, 0.4) is 0 Å². The molecule has 0 bridgehead atoms. The van der Waals surface area contributed by atoms with Gasteiger partial charge in [-0.3, -0.25) is 25.7 Å². The van der Waals surface area contributed by atoms with Gasteiger partial charge in [-0.05, 0) is 145 Å². The smallest absolute Gasteiger partial charge is 0.215 e. The van der Waals surface area contributed by atoms with Crippen LogP contribution in [0.1, 0.15) is 134 Å². The Hall–Kier alpha value is -4.11. The van der Waals surface area contributed by atoms with Crippen LogP contribution in [0.15, 0.2) is 67.3 Å². The topological polar surface area (TPSA) is 105 Å². The van der Waals surface area contributed by atoms with Crippen LogP contribution in [0.5, 0.6) is 0 Å². The van der Waals surface area contributed by atoms with Gasteiger partial charge in [0.1, 0.15) is 17.7 Å². The van der Waals surface area contributed by atoms with Crippen LogP contribution in [-0.2, 0) is 6.42 Å². The highest BCUT2D eigenvalue weighted by Crippen LogP contribution is 2.63. The Morgan fingerprint density at radius 3 is 2.23 bits per heavy atom. The van der Waals surface area contributed by atoms with Crippen molar-refractivity contribution in [1.82, 2.24) is 35.9 Å². The molecule has 0 radical (unpaired) electrons. The van der Waals surface area contributed by atoms with Crippen molar-refractivity contribution < 1.29 is 4.79 Å². The molecule has 8 nitrogen and oxygen atoms in total. The first-order valence-corrected chi connectivity index (χ1v) is 22.6. The van der Waals surface area contributed by atoms with Crippen molar-refractivity contribution in [3.05, 3.63) is 95.2 Å². The number of carbonyl (C=O) groups is 1. The number of ketones is 1. The maximum atomic E-state index is 13.7. The zero-order valence-corrected chi connectivity index (χ0v) is 33.0. The SMILES string of the molecule is O=C1c2cncnc2-c2nccc3c2c1nc1ccc(C2CCC4C(C2)C2c5ccccc5CCC2C4C2NC(C4CCCCC4)NC(C4CCCCC4)N2)cc13. The molecule has 8 heteroatoms. The first kappa shape index (κ1) is 34.9. The molecule has 12 rings (SSSR count). The molecule has 4 heterocycles. The molecular weight excluding hydrogens is 703 g/mol. The van der Waals surface area contributed by atoms with Crippen LogP contribution in [0, 0.1) is 35.5 Å². The molecule has 1 aliphatic heterocycles. The lowest BCUT2D eigenvalue weighted by molar-refractivity contribution is 0.0392. The van der Waals surface area contributed by atoms with Gasteiger partial charge in [-0.2, -0.15) is 0 Å². The van der Waals surface area contributed by atoms with Gasteiger partial charge in [-0.1, -0.05) is 68.9 Å². The fourth-order valence-electron chi connectivity index (χ4n) is 13.8. The van der Waals surface area contributed by atoms with Gasteiger partial charge < -0.3 is 0 Å². The molecule has 4 saturated carbocycles. The van der Waals surface area contributed by atoms with E-state index in [0.717, 1.165) is 39.2 Å². The fraction of sp³-hybridized carbons (Fsp3) is 0.531. The lowest BCUT2D eigenvalue weighted by atomic mass is 9.67. The van der Waals surface area contributed by atoms with Gasteiger partial charge in [-0.25, -0.2) is 15.0 Å². The van der Waals surface area contributed by atoms with Crippen molar-refractivity contribution in [2.75, 3.05) is 0 Å². The standard InChI is InChI=1S/C49H55N7O/c57-46-38-25-50-26-52-43(38)44-42-34(21-22-51-44)36-23-31(17-20-39(36)53-45(42)46)30-16-18-33-37(24-30)40-32-14-8-7-9-27(32)15-19-35(40)41(33)49-55-47(28-10-3-1-4-11-28)54-48(56-49)29-12-5-2-6-13-29/h7-9,14,17,20-23,25-26,28-30,33,35,37,40-41,47-49,54-56H,1-6,10-13,15-16,18-19,24H2. The second-order valence-corrected chi connectivity index (χ2v) is 19.0. The number of fused-ring (bicyclic) bond motifs is 9. The number of benzene rings is 2. The monoisotopic (exact) mass is 757 g/mol. The highest BCUT2D eigenvalue weighted by molar-refractivity contribution is 6.27. The van der Waals surface area contributed by atoms with Crippen molar-refractivity contribution in [1.29, 1.82) is 0 Å². The molecule has 5 aromatic rings. The van der Waals surface area contributed by atoms with Crippen molar-refractivity contribution in [2.24, 2.45) is 35.5 Å². The Bertz CT molecular complexity index is 2340. The Labute approximate surface area is 335 Å². The molecule has 292 valence electrons. The molecule has 7 aliphatic rings. The average molecular weight is 758 g/mol. The highest BCUT2D eigenvalue weighted by atomic mass is 16.1. The number of hydrogen-bond donors (Lipinski definition) is 3. The number of carbonyl (C=O) groups excluding carboxylic acids is 1. The molecule has 57 heavy (non-hydrogen) atoms. The first-order chi connectivity index (χ1) is 28.2. The Balaban J connectivity index is 0.903. The molecule has 8 atom stereocenters. The summed E-state index contributed by atoms with van der Waals surface area (Å²) >= 11 is 0. The number of hydrogen-bond acceptors (Lipinski definition) is 8. The van der Waals surface area contributed by atoms with E-state index in [1.165, 1.54) is 108 Å². The van der Waals surface area contributed by atoms with E-state index in [4.69, 9.17) is 9.97 Å². The quantitative estimate of drug-likeness (QED) is 0.153. The summed E-state index contributed by atoms with van der Waals surface area (Å²) in [5.41, 5.74) is 7.81. The van der Waals surface area contributed by atoms with Gasteiger partial charge in [0.05, 0.1) is 35.3 Å². The van der Waals surface area contributed by atoms with E-state index in [0.29, 0.717) is 71.0 Å². The van der Waals surface area contributed by atoms with E-state index in [9.17, 15) is 4.79 Å². The van der Waals surface area contributed by atoms with Crippen molar-refractivity contribution in [2.45, 2.75) is 127 Å². The van der Waals surface area contributed by atoms with E-state index in [2.05, 4.69) is 74.4 Å². The van der Waals surface area contributed by atoms with Gasteiger partial charge in [0, 0.05) is 23.2 Å². The zero-order chi connectivity index (χ0) is 37.6. The number of rotatable bonds is 4. The molecule has 8 unspecified atom stereocenters. The number of nitrogens with one attached hydrogen (secondary N) is 3. The number of pyridine rings is 2. The molecule has 3 N–H and O–H groups in total. The predicted octanol–water partition coefficient (Wildman–Crippen LogP) is 9.18. The summed E-state index contributed by atoms with van der Waals surface area (Å²) in [4.78, 5) is 32.1. The second-order valence-electron chi connectivity index (χ2n) is 19.0. The minimum atomic E-state index is -0.119. The minimum absolute atomic E-state index is 0.119. The number of aromatic nitrogens is 4. The molecule has 2 aromatic carbocycles. The van der Waals surface area contributed by atoms with E-state index in [1.807, 2.05) is 6.20 Å². The third kappa shape index (κ3) is 5.67. The van der Waals surface area contributed by atoms with Crippen LogP contribution in [0.25, 0.3) is 33.1 Å². The third-order valence-corrected chi connectivity index (χ3v) is 16.3. The normalized spacial score (nSPS) is 32.8. The predicted molar refractivity (Wildman–Crippen MR) is 223 cm³/mol. The van der Waals surface area contributed by atoms with Gasteiger partial charge >= 0.3 is 0 Å². The maximum Gasteiger partial charge on any atom is 0.215 e. The van der Waals surface area contributed by atoms with Crippen LogP contribution in [0.2, 0.25) is 0 Å². The Morgan fingerprint density at radius 1 is 0.649 bits per heavy atom. The number of aryl methyl sites for hydroxylation is 1. The van der Waals surface area contributed by atoms with E-state index < -0.39 is 0 Å². The second kappa shape index (κ2) is 14.0. The lowest BCUT2D eigenvalue weighted by Crippen LogP contribution is -2.73. The van der Waals surface area contributed by atoms with Crippen LogP contribution in [-0.4, -0.2) is 44.2 Å². The van der Waals surface area contributed by atoms with Gasteiger partial charge in [-0.15, -0.1) is 0 Å². The van der Waals surface area contributed by atoms with Gasteiger partial charge in [0.2, 0.25) is 5.78 Å². The van der Waals surface area contributed by atoms with Crippen LogP contribution < -0.4 is 16.0 Å². The Morgan fingerprint density at radius 2 is 1.42 bits per heavy atom. The third-order valence-electron chi connectivity index (χ3n) is 16.3. The molecular formula is C49H55N7O. The van der Waals surface area contributed by atoms with Crippen molar-refractivity contribution >= 4 is 27.5 Å². The van der Waals surface area contributed by atoms with E-state index >= 15 is 0 Å². The van der Waals surface area contributed by atoms with Crippen molar-refractivity contribution in [3.63, 3.8) is 0 Å². The average Bonchev–Trinajstić information content (AvgIpc) is 3.62. The lowest BCUT2D eigenvalue weighted by Gasteiger charge is -2.50. The van der Waals surface area contributed by atoms with E-state index in [1.54, 1.807) is 17.3 Å². The summed E-state index contributed by atoms with van der Waals surface area (Å²) in [7, 11) is 0. The summed E-state index contributed by atoms with van der Waals surface area (Å²) in [5.74, 6) is 5.14. The molecule has 3 aromatic heterocycles. The molecule has 6 aliphatic carbocycles. The maximum absolute atomic E-state index is 13.7. The van der Waals surface area contributed by atoms with Crippen molar-refractivity contribution in [3.8, 4) is 11.4 Å². The zero-order valence-electron chi connectivity index (χ0n) is 33.0. The summed E-state index contributed by atoms with van der Waals surface area (Å²) in [5, 5.41) is 15.9. The molecule has 1 saturated heterocycles. The van der Waals surface area contributed by atoms with Crippen LogP contribution >= 0.6 is 0 Å². The summed E-state index contributed by atoms with van der Waals surface area (Å²) in [6, 6.07) is 18.5. The highest BCUT2D eigenvalue weighted by Gasteiger charge is 2.57. The fourth-order valence-corrected chi connectivity index (χ4v) is 13.8. The Kier molecular flexibility index (Phi) is 8.58. The summed E-state index contributed by atoms with van der Waals surface area (Å²) in [6.07, 6.45) is 26.2.